The first-order valence-electron chi connectivity index (χ1n) is 5.10. The molecule has 102 valence electrons. The van der Waals surface area contributed by atoms with E-state index in [0.717, 1.165) is 18.2 Å². The van der Waals surface area contributed by atoms with Gasteiger partial charge in [0.15, 0.2) is 0 Å². The van der Waals surface area contributed by atoms with E-state index >= 15 is 0 Å². The van der Waals surface area contributed by atoms with Gasteiger partial charge in [0.2, 0.25) is 0 Å². The van der Waals surface area contributed by atoms with Crippen LogP contribution in [0.15, 0.2) is 18.2 Å². The minimum atomic E-state index is -0.813. The third kappa shape index (κ3) is 3.38. The normalized spacial score (nSPS) is 12.7. The maximum Gasteiger partial charge on any atom is 0.269 e. The highest BCUT2D eigenvalue weighted by atomic mass is 35.5. The van der Waals surface area contributed by atoms with E-state index in [0.29, 0.717) is 0 Å². The topological polar surface area (TPSA) is 89.4 Å². The lowest BCUT2D eigenvalue weighted by molar-refractivity contribution is -0.385. The molecule has 1 atom stereocenters. The lowest BCUT2D eigenvalue weighted by Gasteiger charge is -2.29. The Bertz CT molecular complexity index is 440. The first kappa shape index (κ1) is 16.8. The molecule has 7 heteroatoms. The van der Waals surface area contributed by atoms with Crippen LogP contribution in [-0.4, -0.2) is 16.6 Å². The van der Waals surface area contributed by atoms with Crippen molar-refractivity contribution in [2.24, 2.45) is 11.1 Å². The molecule has 5 nitrogen and oxygen atoms in total. The Morgan fingerprint density at radius 2 is 2.11 bits per heavy atom. The van der Waals surface area contributed by atoms with Gasteiger partial charge in [-0.3, -0.25) is 10.1 Å². The summed E-state index contributed by atoms with van der Waals surface area (Å²) >= 11 is 0. The zero-order valence-corrected chi connectivity index (χ0v) is 10.9. The Kier molecular flexibility index (Phi) is 5.66. The third-order valence-corrected chi connectivity index (χ3v) is 2.77. The predicted molar refractivity (Wildman–Crippen MR) is 68.1 cm³/mol. The molecular formula is C11H16ClFN2O3. The Hall–Kier alpha value is -1.24. The van der Waals surface area contributed by atoms with Crippen molar-refractivity contribution in [2.45, 2.75) is 19.9 Å². The van der Waals surface area contributed by atoms with Gasteiger partial charge in [0.05, 0.1) is 4.92 Å². The van der Waals surface area contributed by atoms with Crippen LogP contribution in [0, 0.1) is 21.3 Å². The number of non-ortho nitro benzene ring substituents is 1. The molecule has 18 heavy (non-hydrogen) atoms. The molecule has 0 spiro atoms. The number of halogens is 2. The Balaban J connectivity index is 0.00000289. The summed E-state index contributed by atoms with van der Waals surface area (Å²) < 4.78 is 13.6. The van der Waals surface area contributed by atoms with Crippen molar-refractivity contribution in [2.75, 3.05) is 6.61 Å². The second-order valence-electron chi connectivity index (χ2n) is 4.59. The fourth-order valence-corrected chi connectivity index (χ4v) is 1.40. The largest absolute Gasteiger partial charge is 0.396 e. The lowest BCUT2D eigenvalue weighted by Crippen LogP contribution is -2.33. The molecule has 1 aromatic carbocycles. The van der Waals surface area contributed by atoms with Crippen molar-refractivity contribution >= 4 is 18.1 Å². The van der Waals surface area contributed by atoms with Crippen molar-refractivity contribution in [3.8, 4) is 0 Å². The van der Waals surface area contributed by atoms with Crippen LogP contribution in [0.5, 0.6) is 0 Å². The zero-order chi connectivity index (χ0) is 13.2. The summed E-state index contributed by atoms with van der Waals surface area (Å²) in [6, 6.07) is 2.39. The number of rotatable bonds is 4. The van der Waals surface area contributed by atoms with E-state index in [1.54, 1.807) is 13.8 Å². The molecule has 1 aromatic rings. The van der Waals surface area contributed by atoms with Crippen LogP contribution in [0.3, 0.4) is 0 Å². The maximum absolute atomic E-state index is 13.6. The molecule has 0 bridgehead atoms. The van der Waals surface area contributed by atoms with Gasteiger partial charge in [-0.2, -0.15) is 0 Å². The Labute approximate surface area is 110 Å². The molecule has 0 aliphatic rings. The number of hydrogen-bond acceptors (Lipinski definition) is 4. The molecule has 1 rings (SSSR count). The molecule has 0 aliphatic carbocycles. The fourth-order valence-electron chi connectivity index (χ4n) is 1.40. The van der Waals surface area contributed by atoms with Crippen LogP contribution >= 0.6 is 12.4 Å². The summed E-state index contributed by atoms with van der Waals surface area (Å²) in [4.78, 5) is 9.99. The smallest absolute Gasteiger partial charge is 0.269 e. The highest BCUT2D eigenvalue weighted by molar-refractivity contribution is 5.85. The van der Waals surface area contributed by atoms with Crippen LogP contribution in [0.4, 0.5) is 10.1 Å². The van der Waals surface area contributed by atoms with E-state index in [1.165, 1.54) is 0 Å². The van der Waals surface area contributed by atoms with Crippen LogP contribution in [-0.2, 0) is 0 Å². The average molecular weight is 279 g/mol. The number of aliphatic hydroxyl groups excluding tert-OH is 1. The molecule has 0 radical (unpaired) electrons. The van der Waals surface area contributed by atoms with E-state index in [4.69, 9.17) is 10.8 Å². The molecule has 0 amide bonds. The fraction of sp³-hybridized carbons (Fsp3) is 0.455. The van der Waals surface area contributed by atoms with Crippen LogP contribution in [0.2, 0.25) is 0 Å². The van der Waals surface area contributed by atoms with Gasteiger partial charge >= 0.3 is 0 Å². The number of nitrogens with zero attached hydrogens (tertiary/aromatic N) is 1. The van der Waals surface area contributed by atoms with Gasteiger partial charge < -0.3 is 10.8 Å². The van der Waals surface area contributed by atoms with E-state index in [-0.39, 0.29) is 30.3 Å². The monoisotopic (exact) mass is 278 g/mol. The minimum Gasteiger partial charge on any atom is -0.396 e. The number of hydrogen-bond donors (Lipinski definition) is 2. The van der Waals surface area contributed by atoms with Gasteiger partial charge in [0.1, 0.15) is 5.82 Å². The first-order valence-corrected chi connectivity index (χ1v) is 5.10. The second-order valence-corrected chi connectivity index (χ2v) is 4.59. The van der Waals surface area contributed by atoms with Crippen LogP contribution < -0.4 is 5.73 Å². The number of nitro benzene ring substituents is 1. The van der Waals surface area contributed by atoms with E-state index < -0.39 is 22.2 Å². The highest BCUT2D eigenvalue weighted by Gasteiger charge is 2.30. The van der Waals surface area contributed by atoms with E-state index in [1.807, 2.05) is 0 Å². The molecule has 0 heterocycles. The molecule has 0 saturated carbocycles. The van der Waals surface area contributed by atoms with Crippen molar-refractivity contribution in [1.82, 2.24) is 0 Å². The maximum atomic E-state index is 13.6. The highest BCUT2D eigenvalue weighted by Crippen LogP contribution is 2.33. The standard InChI is InChI=1S/C11H15FN2O3.ClH/c1-11(2,6-15)10(13)8-5-7(14(16)17)3-4-9(8)12;/h3-5,10,15H,6,13H2,1-2H3;1H/t10-;/m0./s1. The lowest BCUT2D eigenvalue weighted by atomic mass is 9.81. The molecule has 3 N–H and O–H groups in total. The van der Waals surface area contributed by atoms with Crippen LogP contribution in [0.1, 0.15) is 25.5 Å². The number of benzene rings is 1. The summed E-state index contributed by atoms with van der Waals surface area (Å²) in [6.45, 7) is 3.09. The molecule has 0 saturated heterocycles. The van der Waals surface area contributed by atoms with Crippen molar-refractivity contribution in [3.63, 3.8) is 0 Å². The summed E-state index contributed by atoms with van der Waals surface area (Å²) in [7, 11) is 0. The van der Waals surface area contributed by atoms with Gasteiger partial charge in [-0.15, -0.1) is 12.4 Å². The van der Waals surface area contributed by atoms with Crippen molar-refractivity contribution < 1.29 is 14.4 Å². The quantitative estimate of drug-likeness (QED) is 0.652. The molecule has 0 fully saturated rings. The summed E-state index contributed by atoms with van der Waals surface area (Å²) in [6.07, 6.45) is 0. The van der Waals surface area contributed by atoms with Gasteiger partial charge in [0.25, 0.3) is 5.69 Å². The SMILES string of the molecule is CC(C)(CO)[C@@H](N)c1cc([N+](=O)[O-])ccc1F.Cl. The number of nitrogens with two attached hydrogens (primary N) is 1. The number of aliphatic hydroxyl groups is 1. The first-order chi connectivity index (χ1) is 7.79. The second kappa shape index (κ2) is 6.08. The minimum absolute atomic E-state index is 0. The van der Waals surface area contributed by atoms with Crippen molar-refractivity contribution in [1.29, 1.82) is 0 Å². The van der Waals surface area contributed by atoms with Crippen LogP contribution in [0.25, 0.3) is 0 Å². The van der Waals surface area contributed by atoms with Gasteiger partial charge in [0, 0.05) is 35.8 Å². The number of nitro groups is 1. The summed E-state index contributed by atoms with van der Waals surface area (Å²) in [5.41, 5.74) is 4.90. The predicted octanol–water partition coefficient (Wildman–Crippen LogP) is 2.17. The molecule has 0 aliphatic heterocycles. The molecular weight excluding hydrogens is 263 g/mol. The zero-order valence-electron chi connectivity index (χ0n) is 10.1. The van der Waals surface area contributed by atoms with Gasteiger partial charge in [-0.05, 0) is 6.07 Å². The third-order valence-electron chi connectivity index (χ3n) is 2.77. The summed E-state index contributed by atoms with van der Waals surface area (Å²) in [5.74, 6) is -0.607. The average Bonchev–Trinajstić information content (AvgIpc) is 2.28. The molecule has 0 unspecified atom stereocenters. The summed E-state index contributed by atoms with van der Waals surface area (Å²) in [5, 5.41) is 19.8. The van der Waals surface area contributed by atoms with Gasteiger partial charge in [-0.1, -0.05) is 13.8 Å². The Morgan fingerprint density at radius 1 is 1.56 bits per heavy atom. The molecule has 0 aromatic heterocycles. The van der Waals surface area contributed by atoms with Crippen molar-refractivity contribution in [3.05, 3.63) is 39.7 Å². The van der Waals surface area contributed by atoms with E-state index in [9.17, 15) is 14.5 Å². The Morgan fingerprint density at radius 3 is 2.56 bits per heavy atom. The van der Waals surface area contributed by atoms with Gasteiger partial charge in [-0.25, -0.2) is 4.39 Å². The van der Waals surface area contributed by atoms with E-state index in [2.05, 4.69) is 0 Å².